The molecule has 0 N–H and O–H groups in total. The van der Waals surface area contributed by atoms with Crippen LogP contribution < -0.4 is 4.90 Å². The van der Waals surface area contributed by atoms with Gasteiger partial charge in [0.2, 0.25) is 0 Å². The minimum atomic E-state index is -0.553. The van der Waals surface area contributed by atoms with E-state index < -0.39 is 10.8 Å². The van der Waals surface area contributed by atoms with E-state index >= 15 is 0 Å². The topological polar surface area (TPSA) is 3.24 Å². The Kier molecular flexibility index (Phi) is 9.70. The average Bonchev–Trinajstić information content (AvgIpc) is 3.73. The number of rotatable bonds is 8. The van der Waals surface area contributed by atoms with E-state index in [0.29, 0.717) is 0 Å². The molecule has 0 fully saturated rings. The highest BCUT2D eigenvalue weighted by molar-refractivity contribution is 5.92. The molecular weight excluding hydrogens is 831 g/mol. The van der Waals surface area contributed by atoms with Crippen LogP contribution in [-0.4, -0.2) is 0 Å². The van der Waals surface area contributed by atoms with Crippen LogP contribution in [0.2, 0.25) is 0 Å². The second-order valence-corrected chi connectivity index (χ2v) is 18.3. The van der Waals surface area contributed by atoms with Gasteiger partial charge in [-0.2, -0.15) is 0 Å². The fourth-order valence-corrected chi connectivity index (χ4v) is 11.9. The maximum atomic E-state index is 2.51. The summed E-state index contributed by atoms with van der Waals surface area (Å²) in [6.45, 7) is 0. The Bertz CT molecular complexity index is 3520. The molecule has 0 amide bonds. The van der Waals surface area contributed by atoms with E-state index in [1.165, 1.54) is 89.0 Å². The zero-order valence-corrected chi connectivity index (χ0v) is 38.1. The van der Waals surface area contributed by atoms with Gasteiger partial charge in [-0.1, -0.05) is 231 Å². The fraction of sp³-hybridized carbons (Fsp3) is 0.0294. The lowest BCUT2D eigenvalue weighted by molar-refractivity contribution is 0.624. The fourth-order valence-electron chi connectivity index (χ4n) is 11.9. The van der Waals surface area contributed by atoms with Gasteiger partial charge in [0.05, 0.1) is 10.8 Å². The summed E-state index contributed by atoms with van der Waals surface area (Å²) in [5.41, 5.74) is 22.5. The summed E-state index contributed by atoms with van der Waals surface area (Å²) in [6.07, 6.45) is 0. The molecule has 0 heterocycles. The van der Waals surface area contributed by atoms with E-state index in [1.807, 2.05) is 0 Å². The van der Waals surface area contributed by atoms with Gasteiger partial charge in [0.1, 0.15) is 0 Å². The molecule has 0 atom stereocenters. The molecule has 69 heavy (non-hydrogen) atoms. The third-order valence-electron chi connectivity index (χ3n) is 14.8. The maximum absolute atomic E-state index is 2.51. The molecule has 0 saturated carbocycles. The molecule has 0 aliphatic heterocycles. The first kappa shape index (κ1) is 40.5. The largest absolute Gasteiger partial charge is 0.311 e. The molecule has 0 radical (unpaired) electrons. The zero-order valence-electron chi connectivity index (χ0n) is 38.1. The Morgan fingerprint density at radius 3 is 1.04 bits per heavy atom. The van der Waals surface area contributed by atoms with Gasteiger partial charge in [-0.25, -0.2) is 0 Å². The Hall–Kier alpha value is -8.78. The number of hydrogen-bond acceptors (Lipinski definition) is 1. The van der Waals surface area contributed by atoms with Crippen molar-refractivity contribution in [3.8, 4) is 44.5 Å². The smallest absolute Gasteiger partial charge is 0.0720 e. The van der Waals surface area contributed by atoms with Gasteiger partial charge in [0, 0.05) is 17.1 Å². The van der Waals surface area contributed by atoms with Crippen LogP contribution in [0.5, 0.6) is 0 Å². The van der Waals surface area contributed by atoms with Crippen molar-refractivity contribution in [2.24, 2.45) is 0 Å². The van der Waals surface area contributed by atoms with Crippen molar-refractivity contribution in [2.75, 3.05) is 4.90 Å². The van der Waals surface area contributed by atoms with E-state index in [1.54, 1.807) is 0 Å². The minimum absolute atomic E-state index is 0.536. The summed E-state index contributed by atoms with van der Waals surface area (Å²) in [5.74, 6) is 0. The van der Waals surface area contributed by atoms with Crippen molar-refractivity contribution in [2.45, 2.75) is 10.8 Å². The SMILES string of the molecule is c1ccc(N(c2ccccc2)c2ccc(-c3cccc(-c4cccc(-c5ccc6c(c5)C5(c7ccccc7-6)c6ccccc6C(c6ccccc6)(c6ccccc6)c6ccccc65)c4)c3)cc2)cc1. The molecule has 1 spiro atoms. The van der Waals surface area contributed by atoms with Gasteiger partial charge in [0.25, 0.3) is 0 Å². The molecule has 11 aromatic carbocycles. The van der Waals surface area contributed by atoms with Crippen LogP contribution >= 0.6 is 0 Å². The van der Waals surface area contributed by atoms with Crippen molar-refractivity contribution in [3.05, 3.63) is 330 Å². The highest BCUT2D eigenvalue weighted by atomic mass is 15.1. The summed E-state index contributed by atoms with van der Waals surface area (Å²) in [5, 5.41) is 0. The van der Waals surface area contributed by atoms with Crippen molar-refractivity contribution in [1.82, 2.24) is 0 Å². The number of nitrogens with zero attached hydrogens (tertiary/aromatic N) is 1. The minimum Gasteiger partial charge on any atom is -0.311 e. The number of hydrogen-bond donors (Lipinski definition) is 0. The van der Waals surface area contributed by atoms with E-state index in [0.717, 1.165) is 17.1 Å². The second kappa shape index (κ2) is 16.5. The average molecular weight is 878 g/mol. The lowest BCUT2D eigenvalue weighted by Crippen LogP contribution is -2.44. The second-order valence-electron chi connectivity index (χ2n) is 18.3. The van der Waals surface area contributed by atoms with Crippen LogP contribution in [0.4, 0.5) is 17.1 Å². The lowest BCUT2D eigenvalue weighted by atomic mass is 9.51. The predicted octanol–water partition coefficient (Wildman–Crippen LogP) is 17.2. The zero-order chi connectivity index (χ0) is 45.8. The van der Waals surface area contributed by atoms with Crippen molar-refractivity contribution >= 4 is 17.1 Å². The molecule has 324 valence electrons. The van der Waals surface area contributed by atoms with Crippen LogP contribution in [-0.2, 0) is 10.8 Å². The summed E-state index contributed by atoms with van der Waals surface area (Å²) in [4.78, 5) is 2.31. The lowest BCUT2D eigenvalue weighted by Gasteiger charge is -2.50. The Balaban J connectivity index is 0.924. The summed E-state index contributed by atoms with van der Waals surface area (Å²) < 4.78 is 0. The summed E-state index contributed by atoms with van der Waals surface area (Å²) in [6, 6.07) is 105. The van der Waals surface area contributed by atoms with Gasteiger partial charge in [-0.3, -0.25) is 0 Å². The van der Waals surface area contributed by atoms with Gasteiger partial charge in [0.15, 0.2) is 0 Å². The molecule has 0 saturated heterocycles. The third kappa shape index (κ3) is 6.32. The van der Waals surface area contributed by atoms with E-state index in [2.05, 4.69) is 290 Å². The summed E-state index contributed by atoms with van der Waals surface area (Å²) in [7, 11) is 0. The van der Waals surface area contributed by atoms with Gasteiger partial charge < -0.3 is 4.90 Å². The highest BCUT2D eigenvalue weighted by Crippen LogP contribution is 2.64. The maximum Gasteiger partial charge on any atom is 0.0720 e. The molecule has 0 aromatic heterocycles. The van der Waals surface area contributed by atoms with Crippen LogP contribution in [0, 0.1) is 0 Å². The quantitative estimate of drug-likeness (QED) is 0.147. The monoisotopic (exact) mass is 877 g/mol. The van der Waals surface area contributed by atoms with Gasteiger partial charge in [-0.15, -0.1) is 0 Å². The predicted molar refractivity (Wildman–Crippen MR) is 287 cm³/mol. The Morgan fingerprint density at radius 1 is 0.203 bits per heavy atom. The van der Waals surface area contributed by atoms with E-state index in [9.17, 15) is 0 Å². The molecule has 2 aliphatic carbocycles. The van der Waals surface area contributed by atoms with Crippen LogP contribution in [0.15, 0.2) is 285 Å². The first-order valence-electron chi connectivity index (χ1n) is 24.0. The van der Waals surface area contributed by atoms with Crippen molar-refractivity contribution in [1.29, 1.82) is 0 Å². The highest BCUT2D eigenvalue weighted by Gasteiger charge is 2.56. The van der Waals surface area contributed by atoms with Gasteiger partial charge in [-0.05, 0) is 144 Å². The molecular formula is C68H47N. The Labute approximate surface area is 404 Å². The van der Waals surface area contributed by atoms with Crippen molar-refractivity contribution in [3.63, 3.8) is 0 Å². The molecule has 0 unspecified atom stereocenters. The first-order valence-corrected chi connectivity index (χ1v) is 24.0. The van der Waals surface area contributed by atoms with Gasteiger partial charge >= 0.3 is 0 Å². The molecule has 1 heteroatoms. The van der Waals surface area contributed by atoms with Crippen molar-refractivity contribution < 1.29 is 0 Å². The molecule has 1 nitrogen and oxygen atoms in total. The third-order valence-corrected chi connectivity index (χ3v) is 14.8. The molecule has 11 aromatic rings. The number of anilines is 3. The number of fused-ring (bicyclic) bond motifs is 9. The van der Waals surface area contributed by atoms with Crippen LogP contribution in [0.1, 0.15) is 44.5 Å². The molecule has 2 aliphatic rings. The summed E-state index contributed by atoms with van der Waals surface area (Å²) >= 11 is 0. The normalized spacial score (nSPS) is 13.4. The van der Waals surface area contributed by atoms with Crippen LogP contribution in [0.25, 0.3) is 44.5 Å². The standard InChI is InChI=1S/C68H47N/c1-5-25-54(26-6-1)67(55-27-7-2-8-28-55)62-35-15-17-37-64(62)68(65-38-18-16-36-63(65)67)61-34-14-13-33-59(61)60-44-41-53(47-66(60)68)52-24-20-23-51(46-52)50-22-19-21-49(45-50)48-39-42-58(43-40-48)69(56-29-9-3-10-30-56)57-31-11-4-12-32-57/h1-47H. The number of para-hydroxylation sites is 2. The van der Waals surface area contributed by atoms with E-state index in [-0.39, 0.29) is 0 Å². The number of benzene rings is 11. The molecule has 0 bridgehead atoms. The van der Waals surface area contributed by atoms with Crippen LogP contribution in [0.3, 0.4) is 0 Å². The Morgan fingerprint density at radius 2 is 0.551 bits per heavy atom. The first-order chi connectivity index (χ1) is 34.2. The molecule has 13 rings (SSSR count). The van der Waals surface area contributed by atoms with E-state index in [4.69, 9.17) is 0 Å².